The molecule has 130 valence electrons. The molecule has 3 aromatic rings. The number of hydrogen-bond donors (Lipinski definition) is 3. The van der Waals surface area contributed by atoms with Gasteiger partial charge in [-0.3, -0.25) is 4.79 Å². The Balaban J connectivity index is 1.66. The number of carbonyl (C=O) groups is 1. The molecule has 1 amide bonds. The molecule has 0 unspecified atom stereocenters. The molecule has 0 aliphatic heterocycles. The average Bonchev–Trinajstić information content (AvgIpc) is 3.00. The van der Waals surface area contributed by atoms with Crippen molar-refractivity contribution in [1.82, 2.24) is 4.98 Å². The predicted molar refractivity (Wildman–Crippen MR) is 103 cm³/mol. The van der Waals surface area contributed by atoms with Crippen LogP contribution in [0.15, 0.2) is 49.1 Å². The Hall–Kier alpha value is -3.50. The quantitative estimate of drug-likeness (QED) is 0.487. The van der Waals surface area contributed by atoms with E-state index in [0.29, 0.717) is 27.6 Å². The summed E-state index contributed by atoms with van der Waals surface area (Å²) in [6.45, 7) is 3.56. The summed E-state index contributed by atoms with van der Waals surface area (Å²) >= 11 is 1.29. The molecule has 26 heavy (non-hydrogen) atoms. The van der Waals surface area contributed by atoms with Crippen LogP contribution in [-0.4, -0.2) is 22.6 Å². The molecule has 3 rings (SSSR count). The number of aromatic hydroxyl groups is 1. The van der Waals surface area contributed by atoms with Crippen molar-refractivity contribution in [2.24, 2.45) is 0 Å². The number of thiazole rings is 1. The van der Waals surface area contributed by atoms with E-state index in [0.717, 1.165) is 4.70 Å². The van der Waals surface area contributed by atoms with Gasteiger partial charge in [0.2, 0.25) is 5.91 Å². The highest BCUT2D eigenvalue weighted by Crippen LogP contribution is 2.31. The van der Waals surface area contributed by atoms with Gasteiger partial charge in [0.25, 0.3) is 0 Å². The standard InChI is InChI=1S/C19H15N3O3S/c1-2-17(24)21-13-6-3-7-14(11-13)25-8-4-5-12-9-15(23)18-16(10-12)26-19(20)22-18/h2-3,6-7,9-11,23H,1,8H2,(H2,20,22)(H,21,24). The molecular formula is C19H15N3O3S. The molecule has 0 aliphatic rings. The number of ether oxygens (including phenoxy) is 1. The van der Waals surface area contributed by atoms with E-state index in [-0.39, 0.29) is 18.3 Å². The lowest BCUT2D eigenvalue weighted by molar-refractivity contribution is -0.111. The van der Waals surface area contributed by atoms with E-state index in [2.05, 4.69) is 28.7 Å². The van der Waals surface area contributed by atoms with Crippen LogP contribution >= 0.6 is 11.3 Å². The van der Waals surface area contributed by atoms with Crippen molar-refractivity contribution in [2.45, 2.75) is 0 Å². The number of aromatic nitrogens is 1. The van der Waals surface area contributed by atoms with Crippen LogP contribution in [0.25, 0.3) is 10.2 Å². The average molecular weight is 365 g/mol. The maximum Gasteiger partial charge on any atom is 0.247 e. The van der Waals surface area contributed by atoms with Crippen molar-refractivity contribution in [2.75, 3.05) is 17.7 Å². The number of hydrogen-bond acceptors (Lipinski definition) is 6. The first-order chi connectivity index (χ1) is 12.5. The number of phenolic OH excluding ortho intramolecular Hbond substituents is 1. The summed E-state index contributed by atoms with van der Waals surface area (Å²) in [5, 5.41) is 13.0. The molecule has 0 fully saturated rings. The Morgan fingerprint density at radius 2 is 2.27 bits per heavy atom. The van der Waals surface area contributed by atoms with Crippen LogP contribution in [0.4, 0.5) is 10.8 Å². The molecule has 7 heteroatoms. The highest BCUT2D eigenvalue weighted by molar-refractivity contribution is 7.22. The van der Waals surface area contributed by atoms with Crippen molar-refractivity contribution < 1.29 is 14.6 Å². The SMILES string of the molecule is C=CC(=O)Nc1cccc(OCC#Cc2cc(O)c3nc(N)sc3c2)c1. The van der Waals surface area contributed by atoms with Crippen LogP contribution in [0.5, 0.6) is 11.5 Å². The molecule has 4 N–H and O–H groups in total. The molecule has 0 bridgehead atoms. The summed E-state index contributed by atoms with van der Waals surface area (Å²) < 4.78 is 6.34. The molecular weight excluding hydrogens is 350 g/mol. The fraction of sp³-hybridized carbons (Fsp3) is 0.0526. The van der Waals surface area contributed by atoms with E-state index in [4.69, 9.17) is 10.5 Å². The zero-order chi connectivity index (χ0) is 18.5. The zero-order valence-corrected chi connectivity index (χ0v) is 14.5. The first kappa shape index (κ1) is 17.3. The molecule has 0 saturated carbocycles. The summed E-state index contributed by atoms with van der Waals surface area (Å²) in [7, 11) is 0. The van der Waals surface area contributed by atoms with Gasteiger partial charge in [-0.1, -0.05) is 35.8 Å². The lowest BCUT2D eigenvalue weighted by Crippen LogP contribution is -2.07. The molecule has 6 nitrogen and oxygen atoms in total. The third-order valence-corrected chi connectivity index (χ3v) is 4.15. The molecule has 1 heterocycles. The van der Waals surface area contributed by atoms with Gasteiger partial charge in [0.15, 0.2) is 5.13 Å². The Kier molecular flexibility index (Phi) is 5.06. The summed E-state index contributed by atoms with van der Waals surface area (Å²) in [6, 6.07) is 10.3. The van der Waals surface area contributed by atoms with E-state index >= 15 is 0 Å². The number of nitrogens with one attached hydrogen (secondary N) is 1. The van der Waals surface area contributed by atoms with Crippen molar-refractivity contribution in [3.05, 3.63) is 54.6 Å². The van der Waals surface area contributed by atoms with Crippen LogP contribution in [0.3, 0.4) is 0 Å². The normalized spacial score (nSPS) is 10.0. The number of phenols is 1. The molecule has 2 aromatic carbocycles. The van der Waals surface area contributed by atoms with Crippen LogP contribution in [0.2, 0.25) is 0 Å². The second kappa shape index (κ2) is 7.59. The molecule has 0 saturated heterocycles. The number of benzene rings is 2. The highest BCUT2D eigenvalue weighted by atomic mass is 32.1. The monoisotopic (exact) mass is 365 g/mol. The molecule has 0 aliphatic carbocycles. The summed E-state index contributed by atoms with van der Waals surface area (Å²) in [5.74, 6) is 6.15. The Morgan fingerprint density at radius 3 is 3.08 bits per heavy atom. The largest absolute Gasteiger partial charge is 0.506 e. The van der Waals surface area contributed by atoms with Gasteiger partial charge in [-0.2, -0.15) is 0 Å². The van der Waals surface area contributed by atoms with Gasteiger partial charge in [0.05, 0.1) is 4.70 Å². The second-order valence-electron chi connectivity index (χ2n) is 5.21. The van der Waals surface area contributed by atoms with Crippen LogP contribution in [-0.2, 0) is 4.79 Å². The number of amides is 1. The second-order valence-corrected chi connectivity index (χ2v) is 6.27. The zero-order valence-electron chi connectivity index (χ0n) is 13.7. The minimum atomic E-state index is -0.291. The summed E-state index contributed by atoms with van der Waals surface area (Å²) in [4.78, 5) is 15.4. The number of anilines is 2. The van der Waals surface area contributed by atoms with Gasteiger partial charge in [0.1, 0.15) is 23.6 Å². The molecule has 0 radical (unpaired) electrons. The Bertz CT molecular complexity index is 1050. The van der Waals surface area contributed by atoms with Gasteiger partial charge in [0, 0.05) is 17.3 Å². The van der Waals surface area contributed by atoms with E-state index in [9.17, 15) is 9.90 Å². The third-order valence-electron chi connectivity index (χ3n) is 3.32. The van der Waals surface area contributed by atoms with Crippen molar-refractivity contribution in [1.29, 1.82) is 0 Å². The number of carbonyl (C=O) groups excluding carboxylic acids is 1. The van der Waals surface area contributed by atoms with Gasteiger partial charge in [-0.25, -0.2) is 4.98 Å². The van der Waals surface area contributed by atoms with Crippen LogP contribution in [0.1, 0.15) is 5.56 Å². The minimum absolute atomic E-state index is 0.0475. The number of nitrogens with two attached hydrogens (primary N) is 1. The van der Waals surface area contributed by atoms with Gasteiger partial charge >= 0.3 is 0 Å². The fourth-order valence-electron chi connectivity index (χ4n) is 2.22. The lowest BCUT2D eigenvalue weighted by atomic mass is 10.2. The maximum absolute atomic E-state index is 11.3. The number of rotatable bonds is 4. The third kappa shape index (κ3) is 4.12. The molecule has 1 aromatic heterocycles. The Labute approximate surface area is 153 Å². The maximum atomic E-state index is 11.3. The first-order valence-corrected chi connectivity index (χ1v) is 8.41. The van der Waals surface area contributed by atoms with Crippen LogP contribution in [0, 0.1) is 11.8 Å². The fourth-order valence-corrected chi connectivity index (χ4v) is 3.01. The first-order valence-electron chi connectivity index (χ1n) is 7.59. The summed E-state index contributed by atoms with van der Waals surface area (Å²) in [6.07, 6.45) is 1.20. The molecule has 0 atom stereocenters. The van der Waals surface area contributed by atoms with Crippen molar-refractivity contribution >= 4 is 38.3 Å². The van der Waals surface area contributed by atoms with E-state index in [1.165, 1.54) is 17.4 Å². The number of nitrogen functional groups attached to an aromatic ring is 1. The highest BCUT2D eigenvalue weighted by Gasteiger charge is 2.07. The van der Waals surface area contributed by atoms with E-state index in [1.807, 2.05) is 6.07 Å². The van der Waals surface area contributed by atoms with Crippen molar-refractivity contribution in [3.63, 3.8) is 0 Å². The number of nitrogens with zero attached hydrogens (tertiary/aromatic N) is 1. The van der Waals surface area contributed by atoms with E-state index in [1.54, 1.807) is 30.3 Å². The van der Waals surface area contributed by atoms with Gasteiger partial charge < -0.3 is 20.9 Å². The topological polar surface area (TPSA) is 97.5 Å². The predicted octanol–water partition coefficient (Wildman–Crippen LogP) is 3.14. The van der Waals surface area contributed by atoms with Crippen molar-refractivity contribution in [3.8, 4) is 23.3 Å². The molecule has 0 spiro atoms. The van der Waals surface area contributed by atoms with Crippen LogP contribution < -0.4 is 15.8 Å². The van der Waals surface area contributed by atoms with E-state index < -0.39 is 0 Å². The van der Waals surface area contributed by atoms with Gasteiger partial charge in [-0.05, 0) is 30.3 Å². The van der Waals surface area contributed by atoms with Gasteiger partial charge in [-0.15, -0.1) is 0 Å². The smallest absolute Gasteiger partial charge is 0.247 e. The number of fused-ring (bicyclic) bond motifs is 1. The lowest BCUT2D eigenvalue weighted by Gasteiger charge is -2.05. The minimum Gasteiger partial charge on any atom is -0.506 e. The summed E-state index contributed by atoms with van der Waals surface area (Å²) in [5.41, 5.74) is 7.39. The Morgan fingerprint density at radius 1 is 1.42 bits per heavy atom.